The van der Waals surface area contributed by atoms with Crippen LogP contribution in [0.3, 0.4) is 0 Å². The van der Waals surface area contributed by atoms with E-state index in [9.17, 15) is 45.4 Å². The molecule has 5 N–H and O–H groups in total. The second-order valence-corrected chi connectivity index (χ2v) is 10.1. The molecule has 1 aliphatic rings. The van der Waals surface area contributed by atoms with Gasteiger partial charge in [-0.25, -0.2) is 14.4 Å². The highest BCUT2D eigenvalue weighted by atomic mass is 19.4. The molecular weight excluding hydrogens is 591 g/mol. The van der Waals surface area contributed by atoms with Crippen LogP contribution in [0.4, 0.5) is 30.7 Å². The molecule has 1 aliphatic heterocycles. The molecule has 226 valence electrons. The molecule has 5 rings (SSSR count). The maximum absolute atomic E-state index is 14.6. The first-order valence-corrected chi connectivity index (χ1v) is 12.3. The van der Waals surface area contributed by atoms with Crippen LogP contribution in [0.2, 0.25) is 0 Å². The van der Waals surface area contributed by atoms with Crippen molar-refractivity contribution >= 4 is 22.8 Å². The standard InChI is InChI=1S/C27H20F7N5O4/c1-24(23(35)41)11-43-20-17(24)7-18(39-19(20)12-2-4-14(28)5-3-12)25(42,27(32,33)34)10-38-22(40)16-9-37-21-15(16)6-13(8-36-21)26(29,30)31/h2-9,42H,10-11H2,1H3,(H2,35,41)(H,36,37)(H,38,40)/t24-,25-/m0/s1. The van der Waals surface area contributed by atoms with Crippen LogP contribution in [-0.4, -0.2) is 51.2 Å². The Morgan fingerprint density at radius 3 is 2.42 bits per heavy atom. The van der Waals surface area contributed by atoms with Crippen molar-refractivity contribution in [1.82, 2.24) is 20.3 Å². The Labute approximate surface area is 236 Å². The number of H-pyrrole nitrogens is 1. The zero-order valence-corrected chi connectivity index (χ0v) is 21.8. The monoisotopic (exact) mass is 611 g/mol. The van der Waals surface area contributed by atoms with Crippen molar-refractivity contribution in [2.45, 2.75) is 30.3 Å². The molecule has 9 nitrogen and oxygen atoms in total. The quantitative estimate of drug-likeness (QED) is 0.242. The summed E-state index contributed by atoms with van der Waals surface area (Å²) < 4.78 is 102. The van der Waals surface area contributed by atoms with Gasteiger partial charge >= 0.3 is 12.4 Å². The molecule has 4 heterocycles. The molecule has 1 aromatic carbocycles. The van der Waals surface area contributed by atoms with Gasteiger partial charge in [-0.1, -0.05) is 0 Å². The summed E-state index contributed by atoms with van der Waals surface area (Å²) in [6.07, 6.45) is -8.83. The molecule has 0 bridgehead atoms. The van der Waals surface area contributed by atoms with Crippen LogP contribution < -0.4 is 15.8 Å². The number of nitrogens with one attached hydrogen (secondary N) is 2. The van der Waals surface area contributed by atoms with Crippen molar-refractivity contribution in [3.05, 3.63) is 77.0 Å². The number of ether oxygens (including phenoxy) is 1. The summed E-state index contributed by atoms with van der Waals surface area (Å²) in [5.74, 6) is -3.00. The molecule has 2 amide bonds. The summed E-state index contributed by atoms with van der Waals surface area (Å²) in [5.41, 5.74) is -3.21. The Morgan fingerprint density at radius 2 is 1.81 bits per heavy atom. The van der Waals surface area contributed by atoms with E-state index in [2.05, 4.69) is 15.0 Å². The summed E-state index contributed by atoms with van der Waals surface area (Å²) >= 11 is 0. The van der Waals surface area contributed by atoms with Gasteiger partial charge in [0.15, 0.2) is 0 Å². The van der Waals surface area contributed by atoms with Gasteiger partial charge in [-0.05, 0) is 43.3 Å². The predicted octanol–water partition coefficient (Wildman–Crippen LogP) is 4.10. The van der Waals surface area contributed by atoms with Gasteiger partial charge in [0.25, 0.3) is 5.91 Å². The second-order valence-electron chi connectivity index (χ2n) is 10.1. The van der Waals surface area contributed by atoms with Gasteiger partial charge in [0.1, 0.15) is 34.9 Å². The number of aliphatic hydroxyl groups is 1. The van der Waals surface area contributed by atoms with Crippen molar-refractivity contribution in [3.8, 4) is 17.0 Å². The van der Waals surface area contributed by atoms with E-state index >= 15 is 0 Å². The molecule has 2 atom stereocenters. The van der Waals surface area contributed by atoms with Crippen molar-refractivity contribution in [3.63, 3.8) is 0 Å². The highest BCUT2D eigenvalue weighted by molar-refractivity contribution is 6.06. The first-order valence-electron chi connectivity index (χ1n) is 12.3. The molecule has 0 unspecified atom stereocenters. The van der Waals surface area contributed by atoms with E-state index in [4.69, 9.17) is 10.5 Å². The zero-order chi connectivity index (χ0) is 31.5. The van der Waals surface area contributed by atoms with Gasteiger partial charge in [0, 0.05) is 28.9 Å². The lowest BCUT2D eigenvalue weighted by atomic mass is 9.81. The van der Waals surface area contributed by atoms with E-state index in [0.717, 1.165) is 24.4 Å². The number of aromatic nitrogens is 3. The predicted molar refractivity (Wildman–Crippen MR) is 135 cm³/mol. The number of benzene rings is 1. The fourth-order valence-corrected chi connectivity index (χ4v) is 4.59. The Kier molecular flexibility index (Phi) is 6.87. The summed E-state index contributed by atoms with van der Waals surface area (Å²) in [6.45, 7) is -0.599. The minimum absolute atomic E-state index is 0.0774. The smallest absolute Gasteiger partial charge is 0.424 e. The Hall–Kier alpha value is -4.73. The number of carbonyl (C=O) groups is 2. The highest BCUT2D eigenvalue weighted by Gasteiger charge is 2.57. The number of hydrogen-bond donors (Lipinski definition) is 4. The summed E-state index contributed by atoms with van der Waals surface area (Å²) in [4.78, 5) is 35.3. The summed E-state index contributed by atoms with van der Waals surface area (Å²) in [6, 6.07) is 5.79. The van der Waals surface area contributed by atoms with Gasteiger partial charge in [-0.15, -0.1) is 0 Å². The third kappa shape index (κ3) is 5.00. The number of halogens is 7. The van der Waals surface area contributed by atoms with E-state index < -0.39 is 64.4 Å². The van der Waals surface area contributed by atoms with Gasteiger partial charge in [-0.2, -0.15) is 26.3 Å². The van der Waals surface area contributed by atoms with Gasteiger partial charge in [0.2, 0.25) is 11.5 Å². The minimum Gasteiger partial charge on any atom is -0.489 e. The number of fused-ring (bicyclic) bond motifs is 2. The number of amides is 2. The molecular formula is C27H20F7N5O4. The molecule has 0 radical (unpaired) electrons. The van der Waals surface area contributed by atoms with Gasteiger partial charge in [-0.3, -0.25) is 9.59 Å². The Morgan fingerprint density at radius 1 is 1.14 bits per heavy atom. The molecule has 4 aromatic rings. The fourth-order valence-electron chi connectivity index (χ4n) is 4.59. The Balaban J connectivity index is 1.58. The maximum atomic E-state index is 14.6. The lowest BCUT2D eigenvalue weighted by Crippen LogP contribution is -2.51. The number of nitrogens with two attached hydrogens (primary N) is 1. The minimum atomic E-state index is -5.49. The fraction of sp³-hybridized carbons (Fsp3) is 0.259. The van der Waals surface area contributed by atoms with E-state index in [0.29, 0.717) is 12.3 Å². The third-order valence-corrected chi connectivity index (χ3v) is 7.23. The Bertz CT molecular complexity index is 1750. The number of pyridine rings is 2. The number of hydrogen-bond acceptors (Lipinski definition) is 6. The average molecular weight is 611 g/mol. The van der Waals surface area contributed by atoms with Crippen molar-refractivity contribution in [2.24, 2.45) is 5.73 Å². The van der Waals surface area contributed by atoms with Crippen molar-refractivity contribution < 1.29 is 50.2 Å². The number of aromatic amines is 1. The molecule has 0 saturated carbocycles. The lowest BCUT2D eigenvalue weighted by molar-refractivity contribution is -0.265. The van der Waals surface area contributed by atoms with Gasteiger partial charge in [0.05, 0.1) is 23.4 Å². The normalized spacial score (nSPS) is 18.2. The van der Waals surface area contributed by atoms with Crippen LogP contribution in [0.15, 0.2) is 48.8 Å². The third-order valence-electron chi connectivity index (χ3n) is 7.23. The molecule has 0 aliphatic carbocycles. The number of carbonyl (C=O) groups excluding carboxylic acids is 2. The number of alkyl halides is 6. The van der Waals surface area contributed by atoms with Crippen LogP contribution >= 0.6 is 0 Å². The van der Waals surface area contributed by atoms with E-state index in [1.54, 1.807) is 0 Å². The highest BCUT2D eigenvalue weighted by Crippen LogP contribution is 2.47. The molecule has 0 saturated heterocycles. The van der Waals surface area contributed by atoms with Gasteiger partial charge < -0.3 is 25.9 Å². The number of primary amides is 1. The molecule has 3 aromatic heterocycles. The first-order chi connectivity index (χ1) is 20.0. The molecule has 0 spiro atoms. The maximum Gasteiger partial charge on any atom is 0.424 e. The number of rotatable bonds is 6. The lowest BCUT2D eigenvalue weighted by Gasteiger charge is -2.31. The zero-order valence-electron chi connectivity index (χ0n) is 21.8. The summed E-state index contributed by atoms with van der Waals surface area (Å²) in [5, 5.41) is 12.7. The average Bonchev–Trinajstić information content (AvgIpc) is 3.52. The SMILES string of the molecule is C[C@]1(C(N)=O)COc2c1cc([C@@](O)(CNC(=O)c1c[nH]c3ncc(C(F)(F)F)cc13)C(F)(F)F)nc2-c1ccc(F)cc1. The van der Waals surface area contributed by atoms with Crippen molar-refractivity contribution in [2.75, 3.05) is 13.2 Å². The topological polar surface area (TPSA) is 143 Å². The van der Waals surface area contributed by atoms with E-state index in [-0.39, 0.29) is 40.2 Å². The number of nitrogens with zero attached hydrogens (tertiary/aromatic N) is 2. The van der Waals surface area contributed by atoms with Crippen LogP contribution in [0.25, 0.3) is 22.3 Å². The summed E-state index contributed by atoms with van der Waals surface area (Å²) in [7, 11) is 0. The molecule has 16 heteroatoms. The van der Waals surface area contributed by atoms with Crippen molar-refractivity contribution in [1.29, 1.82) is 0 Å². The second kappa shape index (κ2) is 9.93. The van der Waals surface area contributed by atoms with Crippen LogP contribution in [0, 0.1) is 5.82 Å². The largest absolute Gasteiger partial charge is 0.489 e. The van der Waals surface area contributed by atoms with Crippen LogP contribution in [0.5, 0.6) is 5.75 Å². The van der Waals surface area contributed by atoms with E-state index in [1.165, 1.54) is 19.1 Å². The molecule has 43 heavy (non-hydrogen) atoms. The van der Waals surface area contributed by atoms with Crippen LogP contribution in [-0.2, 0) is 22.0 Å². The van der Waals surface area contributed by atoms with Crippen LogP contribution in [0.1, 0.15) is 34.1 Å². The molecule has 0 fully saturated rings. The first kappa shape index (κ1) is 29.8. The van der Waals surface area contributed by atoms with E-state index in [1.807, 2.05) is 5.32 Å².